The lowest BCUT2D eigenvalue weighted by atomic mass is 9.84. The zero-order valence-corrected chi connectivity index (χ0v) is 23.9. The van der Waals surface area contributed by atoms with Crippen molar-refractivity contribution in [1.29, 1.82) is 0 Å². The third-order valence-electron chi connectivity index (χ3n) is 7.23. The molecule has 2 aromatic rings. The van der Waals surface area contributed by atoms with Crippen LogP contribution in [0.3, 0.4) is 0 Å². The number of rotatable bonds is 15. The van der Waals surface area contributed by atoms with Gasteiger partial charge in [-0.1, -0.05) is 74.6 Å². The molecule has 0 aliphatic heterocycles. The van der Waals surface area contributed by atoms with Gasteiger partial charge in [0.25, 0.3) is 17.5 Å². The van der Waals surface area contributed by atoms with Crippen LogP contribution in [0.15, 0.2) is 48.5 Å². The SMILES string of the molecule is Cc1cccc(C(=O)N[C@H](CC2CCCCC2)C(=O)NC(COCc2ccccc2)C(=O)C(=O)NCC(=O)O)c1[N+](=O)[O-]. The first-order valence-corrected chi connectivity index (χ1v) is 14.1. The van der Waals surface area contributed by atoms with Crippen molar-refractivity contribution in [2.45, 2.75) is 64.1 Å². The Balaban J connectivity index is 1.82. The minimum Gasteiger partial charge on any atom is -0.480 e. The van der Waals surface area contributed by atoms with Crippen molar-refractivity contribution < 1.29 is 38.7 Å². The van der Waals surface area contributed by atoms with E-state index in [-0.39, 0.29) is 35.8 Å². The second kappa shape index (κ2) is 16.1. The molecule has 0 heterocycles. The number of ether oxygens (including phenoxy) is 1. The first-order chi connectivity index (χ1) is 20.6. The molecule has 0 aromatic heterocycles. The Morgan fingerprint density at radius 3 is 2.33 bits per heavy atom. The fraction of sp³-hybridized carbons (Fsp3) is 0.433. The molecule has 0 bridgehead atoms. The number of carbonyl (C=O) groups excluding carboxylic acids is 4. The quantitative estimate of drug-likeness (QED) is 0.136. The molecule has 0 spiro atoms. The van der Waals surface area contributed by atoms with Crippen LogP contribution in [0.5, 0.6) is 0 Å². The van der Waals surface area contributed by atoms with Gasteiger partial charge in [-0.25, -0.2) is 0 Å². The van der Waals surface area contributed by atoms with E-state index < -0.39 is 59.6 Å². The van der Waals surface area contributed by atoms with E-state index in [1.165, 1.54) is 25.1 Å². The normalized spacial score (nSPS) is 14.6. The summed E-state index contributed by atoms with van der Waals surface area (Å²) in [4.78, 5) is 74.2. The van der Waals surface area contributed by atoms with E-state index in [4.69, 9.17) is 9.84 Å². The van der Waals surface area contributed by atoms with Crippen LogP contribution in [0, 0.1) is 23.0 Å². The largest absolute Gasteiger partial charge is 0.480 e. The average Bonchev–Trinajstić information content (AvgIpc) is 2.99. The summed E-state index contributed by atoms with van der Waals surface area (Å²) in [5.41, 5.74) is 0.463. The molecule has 2 aromatic carbocycles. The molecule has 3 amide bonds. The monoisotopic (exact) mass is 596 g/mol. The van der Waals surface area contributed by atoms with E-state index in [1.54, 1.807) is 24.3 Å². The molecule has 4 N–H and O–H groups in total. The number of carboxylic acid groups (broad SMARTS) is 1. The molecule has 1 aliphatic rings. The van der Waals surface area contributed by atoms with Crippen LogP contribution < -0.4 is 16.0 Å². The molecule has 1 unspecified atom stereocenters. The van der Waals surface area contributed by atoms with Gasteiger partial charge in [0.2, 0.25) is 11.7 Å². The van der Waals surface area contributed by atoms with Crippen molar-refractivity contribution >= 4 is 35.2 Å². The van der Waals surface area contributed by atoms with Crippen molar-refractivity contribution in [3.05, 3.63) is 75.3 Å². The summed E-state index contributed by atoms with van der Waals surface area (Å²) in [6.45, 7) is 0.359. The van der Waals surface area contributed by atoms with Gasteiger partial charge >= 0.3 is 5.97 Å². The standard InChI is InChI=1S/C30H36N4O9/c1-19-9-8-14-22(26(19)34(41)42)28(38)32-23(15-20-10-4-2-5-11-20)29(39)33-24(27(37)30(40)31-16-25(35)36)18-43-17-21-12-6-3-7-13-21/h3,6-9,12-14,20,23-24H,2,4-5,10-11,15-18H2,1H3,(H,31,40)(H,32,38)(H,33,39)(H,35,36)/t23-,24?/m1/s1. The van der Waals surface area contributed by atoms with Crippen molar-refractivity contribution in [3.8, 4) is 0 Å². The number of aliphatic carboxylic acids is 1. The molecule has 0 saturated heterocycles. The topological polar surface area (TPSA) is 194 Å². The van der Waals surface area contributed by atoms with Crippen molar-refractivity contribution in [2.75, 3.05) is 13.2 Å². The van der Waals surface area contributed by atoms with E-state index in [2.05, 4.69) is 10.6 Å². The maximum atomic E-state index is 13.6. The molecule has 13 heteroatoms. The van der Waals surface area contributed by atoms with Crippen molar-refractivity contribution in [1.82, 2.24) is 16.0 Å². The number of hydrogen-bond acceptors (Lipinski definition) is 8. The Bertz CT molecular complexity index is 1330. The summed E-state index contributed by atoms with van der Waals surface area (Å²) in [5, 5.41) is 27.7. The average molecular weight is 597 g/mol. The number of nitrogens with zero attached hydrogens (tertiary/aromatic N) is 1. The highest BCUT2D eigenvalue weighted by Gasteiger charge is 2.33. The minimum atomic E-state index is -1.50. The Hall–Kier alpha value is -4.65. The van der Waals surface area contributed by atoms with Crippen LogP contribution in [0.25, 0.3) is 0 Å². The Morgan fingerprint density at radius 2 is 1.67 bits per heavy atom. The lowest BCUT2D eigenvalue weighted by molar-refractivity contribution is -0.385. The second-order valence-electron chi connectivity index (χ2n) is 10.5. The van der Waals surface area contributed by atoms with E-state index in [9.17, 15) is 34.1 Å². The van der Waals surface area contributed by atoms with E-state index in [0.29, 0.717) is 0 Å². The lowest BCUT2D eigenvalue weighted by Crippen LogP contribution is -2.56. The number of carbonyl (C=O) groups is 5. The number of amides is 3. The number of Topliss-reactive ketones (excluding diaryl/α,β-unsaturated/α-hetero) is 1. The highest BCUT2D eigenvalue weighted by atomic mass is 16.6. The molecule has 2 atom stereocenters. The third-order valence-corrected chi connectivity index (χ3v) is 7.23. The van der Waals surface area contributed by atoms with Crippen LogP contribution >= 0.6 is 0 Å². The highest BCUT2D eigenvalue weighted by Crippen LogP contribution is 2.28. The molecule has 230 valence electrons. The number of hydrogen-bond donors (Lipinski definition) is 4. The molecular formula is C30H36N4O9. The zero-order valence-electron chi connectivity index (χ0n) is 23.9. The molecular weight excluding hydrogens is 560 g/mol. The van der Waals surface area contributed by atoms with Gasteiger partial charge in [-0.15, -0.1) is 0 Å². The van der Waals surface area contributed by atoms with Crippen molar-refractivity contribution in [2.24, 2.45) is 5.92 Å². The Labute approximate surface area is 248 Å². The van der Waals surface area contributed by atoms with E-state index in [0.717, 1.165) is 37.7 Å². The zero-order chi connectivity index (χ0) is 31.4. The summed E-state index contributed by atoms with van der Waals surface area (Å²) >= 11 is 0. The molecule has 43 heavy (non-hydrogen) atoms. The predicted molar refractivity (Wildman–Crippen MR) is 154 cm³/mol. The number of aryl methyl sites for hydroxylation is 1. The summed E-state index contributed by atoms with van der Waals surface area (Å²) in [6, 6.07) is 10.6. The Kier molecular flexibility index (Phi) is 12.3. The van der Waals surface area contributed by atoms with Gasteiger partial charge in [0.05, 0.1) is 18.1 Å². The predicted octanol–water partition coefficient (Wildman–Crippen LogP) is 2.44. The smallest absolute Gasteiger partial charge is 0.322 e. The van der Waals surface area contributed by atoms with Crippen LogP contribution in [-0.4, -0.2) is 64.7 Å². The Morgan fingerprint density at radius 1 is 0.977 bits per heavy atom. The fourth-order valence-electron chi connectivity index (χ4n) is 5.03. The molecule has 1 fully saturated rings. The number of para-hydroxylation sites is 1. The van der Waals surface area contributed by atoms with Crippen LogP contribution in [0.1, 0.15) is 60.0 Å². The van der Waals surface area contributed by atoms with Gasteiger partial charge in [-0.2, -0.15) is 0 Å². The van der Waals surface area contributed by atoms with Gasteiger partial charge in [-0.05, 0) is 30.9 Å². The maximum absolute atomic E-state index is 13.6. The third kappa shape index (κ3) is 9.99. The number of nitro groups is 1. The van der Waals surface area contributed by atoms with Gasteiger partial charge in [0, 0.05) is 5.56 Å². The summed E-state index contributed by atoms with van der Waals surface area (Å²) in [6.07, 6.45) is 4.82. The lowest BCUT2D eigenvalue weighted by Gasteiger charge is -2.28. The van der Waals surface area contributed by atoms with Gasteiger partial charge in [-0.3, -0.25) is 34.1 Å². The molecule has 3 rings (SSSR count). The number of benzene rings is 2. The number of carboxylic acids is 1. The fourth-order valence-corrected chi connectivity index (χ4v) is 5.03. The molecule has 0 radical (unpaired) electrons. The van der Waals surface area contributed by atoms with Crippen LogP contribution in [-0.2, 0) is 30.5 Å². The van der Waals surface area contributed by atoms with Gasteiger partial charge in [0.15, 0.2) is 0 Å². The summed E-state index contributed by atoms with van der Waals surface area (Å²) < 4.78 is 5.62. The first-order valence-electron chi connectivity index (χ1n) is 14.1. The maximum Gasteiger partial charge on any atom is 0.322 e. The summed E-state index contributed by atoms with van der Waals surface area (Å²) in [5.74, 6) is -5.23. The van der Waals surface area contributed by atoms with Gasteiger partial charge < -0.3 is 25.8 Å². The minimum absolute atomic E-state index is 0.0660. The number of ketones is 1. The van der Waals surface area contributed by atoms with Gasteiger partial charge in [0.1, 0.15) is 24.2 Å². The van der Waals surface area contributed by atoms with E-state index >= 15 is 0 Å². The first kappa shape index (κ1) is 32.9. The van der Waals surface area contributed by atoms with Crippen LogP contribution in [0.2, 0.25) is 0 Å². The second-order valence-corrected chi connectivity index (χ2v) is 10.5. The van der Waals surface area contributed by atoms with Crippen LogP contribution in [0.4, 0.5) is 5.69 Å². The molecule has 1 aliphatic carbocycles. The van der Waals surface area contributed by atoms with E-state index in [1.807, 2.05) is 11.4 Å². The highest BCUT2D eigenvalue weighted by molar-refractivity contribution is 6.38. The number of nitrogens with one attached hydrogen (secondary N) is 3. The molecule has 1 saturated carbocycles. The molecule has 13 nitrogen and oxygen atoms in total. The number of nitro benzene ring substituents is 1. The summed E-state index contributed by atoms with van der Waals surface area (Å²) in [7, 11) is 0. The van der Waals surface area contributed by atoms with Crippen molar-refractivity contribution in [3.63, 3.8) is 0 Å².